The Labute approximate surface area is 170 Å². The summed E-state index contributed by atoms with van der Waals surface area (Å²) in [4.78, 5) is 25.0. The third kappa shape index (κ3) is 4.14. The predicted octanol–water partition coefficient (Wildman–Crippen LogP) is 3.50. The molecule has 0 atom stereocenters. The highest BCUT2D eigenvalue weighted by Crippen LogP contribution is 2.36. The van der Waals surface area contributed by atoms with E-state index in [0.29, 0.717) is 5.82 Å². The van der Waals surface area contributed by atoms with Gasteiger partial charge in [-0.25, -0.2) is 9.48 Å². The highest BCUT2D eigenvalue weighted by Gasteiger charge is 2.31. The third-order valence-corrected chi connectivity index (χ3v) is 4.88. The van der Waals surface area contributed by atoms with Gasteiger partial charge >= 0.3 is 11.9 Å². The molecule has 0 bridgehead atoms. The van der Waals surface area contributed by atoms with Crippen molar-refractivity contribution in [2.75, 3.05) is 6.54 Å². The van der Waals surface area contributed by atoms with Crippen LogP contribution < -0.4 is 11.0 Å². The van der Waals surface area contributed by atoms with Crippen LogP contribution in [-0.4, -0.2) is 26.8 Å². The molecule has 1 aliphatic carbocycles. The van der Waals surface area contributed by atoms with Crippen LogP contribution in [0.1, 0.15) is 34.8 Å². The lowest BCUT2D eigenvalue weighted by molar-refractivity contribution is -0.137. The molecule has 1 heterocycles. The average molecular weight is 416 g/mol. The van der Waals surface area contributed by atoms with E-state index in [-0.39, 0.29) is 30.4 Å². The fraction of sp³-hybridized carbons (Fsp3) is 0.286. The van der Waals surface area contributed by atoms with E-state index in [1.807, 2.05) is 30.3 Å². The van der Waals surface area contributed by atoms with E-state index in [1.165, 1.54) is 16.8 Å². The van der Waals surface area contributed by atoms with Crippen molar-refractivity contribution in [2.45, 2.75) is 31.6 Å². The van der Waals surface area contributed by atoms with Crippen LogP contribution in [0.4, 0.5) is 13.2 Å². The molecule has 1 saturated carbocycles. The molecule has 0 aliphatic heterocycles. The van der Waals surface area contributed by atoms with Gasteiger partial charge in [-0.2, -0.15) is 13.2 Å². The summed E-state index contributed by atoms with van der Waals surface area (Å²) in [6.45, 7) is 0.175. The molecule has 0 saturated heterocycles. The molecule has 0 spiro atoms. The molecule has 1 aliphatic rings. The van der Waals surface area contributed by atoms with Gasteiger partial charge in [-0.1, -0.05) is 36.4 Å². The maximum absolute atomic E-state index is 12.8. The minimum absolute atomic E-state index is 0.0604. The maximum Gasteiger partial charge on any atom is 0.416 e. The van der Waals surface area contributed by atoms with Crippen LogP contribution in [0.2, 0.25) is 0 Å². The first-order valence-electron chi connectivity index (χ1n) is 9.55. The number of hydrogen-bond acceptors (Lipinski definition) is 3. The first-order valence-corrected chi connectivity index (χ1v) is 9.55. The Balaban J connectivity index is 1.47. The number of carbonyl (C=O) groups excluding carboxylic acids is 1. The smallest absolute Gasteiger partial charge is 0.350 e. The van der Waals surface area contributed by atoms with Gasteiger partial charge in [0.25, 0.3) is 5.91 Å². The number of aromatic nitrogens is 3. The van der Waals surface area contributed by atoms with Crippen LogP contribution in [0.5, 0.6) is 0 Å². The Hall–Kier alpha value is -3.36. The zero-order chi connectivity index (χ0) is 21.3. The third-order valence-electron chi connectivity index (χ3n) is 4.88. The number of amides is 1. The summed E-state index contributed by atoms with van der Waals surface area (Å²) in [5.41, 5.74) is -0.411. The quantitative estimate of drug-likeness (QED) is 0.669. The first-order chi connectivity index (χ1) is 14.3. The Morgan fingerprint density at radius 2 is 1.83 bits per heavy atom. The van der Waals surface area contributed by atoms with E-state index in [1.54, 1.807) is 4.57 Å². The molecule has 0 unspecified atom stereocenters. The Morgan fingerprint density at radius 3 is 2.50 bits per heavy atom. The molecule has 9 heteroatoms. The van der Waals surface area contributed by atoms with Crippen molar-refractivity contribution in [3.63, 3.8) is 0 Å². The average Bonchev–Trinajstić information content (AvgIpc) is 3.52. The number of alkyl halides is 3. The van der Waals surface area contributed by atoms with Crippen molar-refractivity contribution in [1.29, 1.82) is 0 Å². The molecule has 1 aromatic heterocycles. The number of hydrogen-bond donors (Lipinski definition) is 1. The van der Waals surface area contributed by atoms with Crippen molar-refractivity contribution >= 4 is 5.91 Å². The van der Waals surface area contributed by atoms with Gasteiger partial charge in [0.2, 0.25) is 0 Å². The van der Waals surface area contributed by atoms with Crippen molar-refractivity contribution < 1.29 is 18.0 Å². The van der Waals surface area contributed by atoms with Crippen LogP contribution in [0, 0.1) is 0 Å². The summed E-state index contributed by atoms with van der Waals surface area (Å²) in [7, 11) is 0. The summed E-state index contributed by atoms with van der Waals surface area (Å²) in [5.74, 6) is -0.0636. The number of rotatable bonds is 6. The second-order valence-corrected chi connectivity index (χ2v) is 7.13. The van der Waals surface area contributed by atoms with Crippen molar-refractivity contribution in [2.24, 2.45) is 0 Å². The predicted molar refractivity (Wildman–Crippen MR) is 104 cm³/mol. The van der Waals surface area contributed by atoms with Gasteiger partial charge < -0.3 is 5.32 Å². The lowest BCUT2D eigenvalue weighted by atomic mass is 10.1. The molecular formula is C21H19F3N4O2. The monoisotopic (exact) mass is 416 g/mol. The number of nitrogens with zero attached hydrogens (tertiary/aromatic N) is 3. The van der Waals surface area contributed by atoms with Crippen molar-refractivity contribution in [3.8, 4) is 11.4 Å². The van der Waals surface area contributed by atoms with Gasteiger partial charge in [0.1, 0.15) is 0 Å². The van der Waals surface area contributed by atoms with Crippen LogP contribution in [0.25, 0.3) is 11.4 Å². The van der Waals surface area contributed by atoms with Crippen LogP contribution in [0.3, 0.4) is 0 Å². The normalized spacial score (nSPS) is 14.0. The lowest BCUT2D eigenvalue weighted by Crippen LogP contribution is -2.32. The van der Waals surface area contributed by atoms with Crippen molar-refractivity contribution in [1.82, 2.24) is 19.7 Å². The van der Waals surface area contributed by atoms with Gasteiger partial charge in [0, 0.05) is 23.7 Å². The van der Waals surface area contributed by atoms with Crippen LogP contribution in [0.15, 0.2) is 59.4 Å². The summed E-state index contributed by atoms with van der Waals surface area (Å²) in [5, 5.41) is 6.98. The first kappa shape index (κ1) is 19.9. The Kier molecular flexibility index (Phi) is 5.19. The number of nitrogens with one attached hydrogen (secondary N) is 1. The topological polar surface area (TPSA) is 68.9 Å². The molecule has 1 N–H and O–H groups in total. The summed E-state index contributed by atoms with van der Waals surface area (Å²) in [6, 6.07) is 13.7. The standard InChI is InChI=1S/C21H19F3N4O2/c22-21(23,24)16-8-4-7-15(13-16)19(29)25-11-12-27-20(30)28(17-9-10-17)18(26-27)14-5-2-1-3-6-14/h1-8,13,17H,9-12H2,(H,25,29). The highest BCUT2D eigenvalue weighted by molar-refractivity contribution is 5.94. The molecule has 156 valence electrons. The summed E-state index contributed by atoms with van der Waals surface area (Å²) >= 11 is 0. The van der Waals surface area contributed by atoms with Gasteiger partial charge in [0.15, 0.2) is 5.82 Å². The van der Waals surface area contributed by atoms with Gasteiger partial charge in [-0.15, -0.1) is 5.10 Å². The number of halogens is 3. The minimum atomic E-state index is -4.52. The van der Waals surface area contributed by atoms with E-state index in [0.717, 1.165) is 30.5 Å². The minimum Gasteiger partial charge on any atom is -0.350 e. The van der Waals surface area contributed by atoms with E-state index >= 15 is 0 Å². The SMILES string of the molecule is O=C(NCCn1nc(-c2ccccc2)n(C2CC2)c1=O)c1cccc(C(F)(F)F)c1. The zero-order valence-electron chi connectivity index (χ0n) is 15.9. The largest absolute Gasteiger partial charge is 0.416 e. The maximum atomic E-state index is 12.8. The van der Waals surface area contributed by atoms with Gasteiger partial charge in [0.05, 0.1) is 12.1 Å². The molecule has 1 fully saturated rings. The van der Waals surface area contributed by atoms with E-state index in [9.17, 15) is 22.8 Å². The van der Waals surface area contributed by atoms with Crippen molar-refractivity contribution in [3.05, 3.63) is 76.2 Å². The molecule has 2 aromatic carbocycles. The zero-order valence-corrected chi connectivity index (χ0v) is 15.9. The second kappa shape index (κ2) is 7.81. The van der Waals surface area contributed by atoms with Gasteiger partial charge in [-0.3, -0.25) is 9.36 Å². The Morgan fingerprint density at radius 1 is 1.10 bits per heavy atom. The summed E-state index contributed by atoms with van der Waals surface area (Å²) in [6.07, 6.45) is -2.69. The molecule has 30 heavy (non-hydrogen) atoms. The van der Waals surface area contributed by atoms with E-state index in [2.05, 4.69) is 10.4 Å². The van der Waals surface area contributed by atoms with E-state index in [4.69, 9.17) is 0 Å². The molecule has 1 amide bonds. The fourth-order valence-corrected chi connectivity index (χ4v) is 3.23. The van der Waals surface area contributed by atoms with Crippen LogP contribution in [-0.2, 0) is 12.7 Å². The Bertz CT molecular complexity index is 1120. The van der Waals surface area contributed by atoms with E-state index < -0.39 is 17.6 Å². The number of benzene rings is 2. The number of carbonyl (C=O) groups is 1. The molecule has 6 nitrogen and oxygen atoms in total. The van der Waals surface area contributed by atoms with Gasteiger partial charge in [-0.05, 0) is 31.0 Å². The summed E-state index contributed by atoms with van der Waals surface area (Å²) < 4.78 is 41.4. The molecule has 4 rings (SSSR count). The van der Waals surface area contributed by atoms with Crippen LogP contribution >= 0.6 is 0 Å². The molecular weight excluding hydrogens is 397 g/mol. The highest BCUT2D eigenvalue weighted by atomic mass is 19.4. The molecule has 3 aromatic rings. The molecule has 0 radical (unpaired) electrons. The second-order valence-electron chi connectivity index (χ2n) is 7.13. The fourth-order valence-electron chi connectivity index (χ4n) is 3.23. The lowest BCUT2D eigenvalue weighted by Gasteiger charge is -2.09.